The molecule has 0 aliphatic heterocycles. The number of nitrogens with zero attached hydrogens (tertiary/aromatic N) is 2. The number of nitriles is 1. The normalized spacial score (nSPS) is 12.1. The van der Waals surface area contributed by atoms with Crippen molar-refractivity contribution in [1.29, 1.82) is 5.26 Å². The third kappa shape index (κ3) is 4.00. The molecule has 10 heteroatoms. The van der Waals surface area contributed by atoms with Gasteiger partial charge in [0.25, 0.3) is 0 Å². The standard InChI is InChI=1S/C10H5BrF6N2O/c11-3-6-5(1-2-18)4-19-8(20-10(15,16)17)7(6)9(12,13)14/h4H,1,3H2. The lowest BCUT2D eigenvalue weighted by Crippen LogP contribution is -2.22. The van der Waals surface area contributed by atoms with E-state index in [-0.39, 0.29) is 5.56 Å². The maximum absolute atomic E-state index is 12.9. The third-order valence-corrected chi connectivity index (χ3v) is 2.70. The van der Waals surface area contributed by atoms with Crippen molar-refractivity contribution in [2.45, 2.75) is 24.3 Å². The van der Waals surface area contributed by atoms with Crippen LogP contribution in [-0.4, -0.2) is 11.3 Å². The molecule has 110 valence electrons. The van der Waals surface area contributed by atoms with Crippen LogP contribution in [0.15, 0.2) is 6.20 Å². The molecule has 1 aromatic rings. The molecule has 0 aromatic carbocycles. The van der Waals surface area contributed by atoms with Crippen molar-refractivity contribution >= 4 is 15.9 Å². The van der Waals surface area contributed by atoms with Gasteiger partial charge >= 0.3 is 12.5 Å². The van der Waals surface area contributed by atoms with Crippen LogP contribution in [0.3, 0.4) is 0 Å². The second kappa shape index (κ2) is 5.87. The Labute approximate surface area is 117 Å². The molecular formula is C10H5BrF6N2O. The number of alkyl halides is 7. The smallest absolute Gasteiger partial charge is 0.387 e. The molecule has 0 saturated heterocycles. The van der Waals surface area contributed by atoms with Gasteiger partial charge in [-0.3, -0.25) is 0 Å². The molecule has 0 aliphatic rings. The highest BCUT2D eigenvalue weighted by Gasteiger charge is 2.42. The summed E-state index contributed by atoms with van der Waals surface area (Å²) in [6, 6.07) is 1.61. The summed E-state index contributed by atoms with van der Waals surface area (Å²) < 4.78 is 78.3. The first-order valence-electron chi connectivity index (χ1n) is 4.86. The molecule has 3 nitrogen and oxygen atoms in total. The van der Waals surface area contributed by atoms with Gasteiger partial charge in [-0.05, 0) is 11.1 Å². The molecule has 1 heterocycles. The number of aromatic nitrogens is 1. The Morgan fingerprint density at radius 3 is 2.25 bits per heavy atom. The quantitative estimate of drug-likeness (QED) is 0.603. The van der Waals surface area contributed by atoms with Gasteiger partial charge in [0.05, 0.1) is 12.5 Å². The van der Waals surface area contributed by atoms with Crippen molar-refractivity contribution < 1.29 is 31.1 Å². The average Bonchev–Trinajstić information content (AvgIpc) is 2.27. The molecule has 0 bridgehead atoms. The maximum Gasteiger partial charge on any atom is 0.574 e. The zero-order valence-corrected chi connectivity index (χ0v) is 11.0. The van der Waals surface area contributed by atoms with Gasteiger partial charge in [0.2, 0.25) is 5.88 Å². The lowest BCUT2D eigenvalue weighted by molar-refractivity contribution is -0.277. The summed E-state index contributed by atoms with van der Waals surface area (Å²) in [4.78, 5) is 3.02. The summed E-state index contributed by atoms with van der Waals surface area (Å²) in [5, 5.41) is 8.11. The summed E-state index contributed by atoms with van der Waals surface area (Å²) >= 11 is 2.76. The topological polar surface area (TPSA) is 45.9 Å². The van der Waals surface area contributed by atoms with E-state index in [2.05, 4.69) is 25.7 Å². The van der Waals surface area contributed by atoms with E-state index in [1.807, 2.05) is 0 Å². The molecule has 0 unspecified atom stereocenters. The van der Waals surface area contributed by atoms with Gasteiger partial charge in [0.15, 0.2) is 0 Å². The van der Waals surface area contributed by atoms with Crippen molar-refractivity contribution in [3.05, 3.63) is 22.9 Å². The lowest BCUT2D eigenvalue weighted by atomic mass is 10.0. The molecule has 1 aromatic heterocycles. The maximum atomic E-state index is 12.9. The highest BCUT2D eigenvalue weighted by atomic mass is 79.9. The van der Waals surface area contributed by atoms with Crippen LogP contribution in [0.2, 0.25) is 0 Å². The fourth-order valence-corrected chi connectivity index (χ4v) is 2.08. The average molecular weight is 363 g/mol. The SMILES string of the molecule is N#CCc1cnc(OC(F)(F)F)c(C(F)(F)F)c1CBr. The Hall–Kier alpha value is -1.50. The van der Waals surface area contributed by atoms with Crippen LogP contribution in [0.4, 0.5) is 26.3 Å². The predicted molar refractivity (Wildman–Crippen MR) is 57.9 cm³/mol. The van der Waals surface area contributed by atoms with Gasteiger partial charge in [-0.2, -0.15) is 18.4 Å². The number of halogens is 7. The minimum Gasteiger partial charge on any atom is -0.387 e. The Balaban J connectivity index is 3.51. The van der Waals surface area contributed by atoms with Gasteiger partial charge < -0.3 is 4.74 Å². The van der Waals surface area contributed by atoms with E-state index in [4.69, 9.17) is 5.26 Å². The highest BCUT2D eigenvalue weighted by Crippen LogP contribution is 2.41. The van der Waals surface area contributed by atoms with Crippen molar-refractivity contribution in [2.75, 3.05) is 0 Å². The van der Waals surface area contributed by atoms with Crippen LogP contribution < -0.4 is 4.74 Å². The first-order valence-corrected chi connectivity index (χ1v) is 5.99. The fraction of sp³-hybridized carbons (Fsp3) is 0.400. The summed E-state index contributed by atoms with van der Waals surface area (Å²) in [5.41, 5.74) is -2.26. The van der Waals surface area contributed by atoms with Gasteiger partial charge in [-0.15, -0.1) is 13.2 Å². The summed E-state index contributed by atoms with van der Waals surface area (Å²) in [7, 11) is 0. The van der Waals surface area contributed by atoms with Gasteiger partial charge in [-0.25, -0.2) is 4.98 Å². The Kier molecular flexibility index (Phi) is 4.86. The van der Waals surface area contributed by atoms with E-state index in [1.54, 1.807) is 6.07 Å². The molecule has 0 N–H and O–H groups in total. The number of ether oxygens (including phenoxy) is 1. The molecule has 0 amide bonds. The van der Waals surface area contributed by atoms with Crippen molar-refractivity contribution in [3.8, 4) is 11.9 Å². The van der Waals surface area contributed by atoms with E-state index < -0.39 is 41.3 Å². The second-order valence-electron chi connectivity index (χ2n) is 3.46. The zero-order valence-electron chi connectivity index (χ0n) is 9.44. The predicted octanol–water partition coefficient (Wildman–Crippen LogP) is 3.96. The van der Waals surface area contributed by atoms with Crippen LogP contribution in [-0.2, 0) is 17.9 Å². The minimum absolute atomic E-state index is 0.119. The lowest BCUT2D eigenvalue weighted by Gasteiger charge is -2.18. The zero-order chi connectivity index (χ0) is 15.6. The largest absolute Gasteiger partial charge is 0.574 e. The number of rotatable bonds is 3. The molecule has 0 aliphatic carbocycles. The van der Waals surface area contributed by atoms with Crippen LogP contribution in [0.5, 0.6) is 5.88 Å². The monoisotopic (exact) mass is 362 g/mol. The van der Waals surface area contributed by atoms with E-state index >= 15 is 0 Å². The van der Waals surface area contributed by atoms with Crippen LogP contribution in [0.25, 0.3) is 0 Å². The van der Waals surface area contributed by atoms with E-state index in [0.717, 1.165) is 6.20 Å². The van der Waals surface area contributed by atoms with Crippen LogP contribution in [0, 0.1) is 11.3 Å². The molecule has 0 radical (unpaired) electrons. The Bertz CT molecular complexity index is 534. The van der Waals surface area contributed by atoms with Gasteiger partial charge in [0, 0.05) is 11.5 Å². The molecule has 20 heavy (non-hydrogen) atoms. The van der Waals surface area contributed by atoms with Gasteiger partial charge in [0.1, 0.15) is 5.56 Å². The molecule has 0 fully saturated rings. The third-order valence-electron chi connectivity index (χ3n) is 2.14. The molecule has 0 atom stereocenters. The van der Waals surface area contributed by atoms with Crippen molar-refractivity contribution in [3.63, 3.8) is 0 Å². The molecular weight excluding hydrogens is 358 g/mol. The summed E-state index contributed by atoms with van der Waals surface area (Å²) in [5.74, 6) is -1.58. The molecule has 0 saturated carbocycles. The number of pyridine rings is 1. The van der Waals surface area contributed by atoms with Crippen molar-refractivity contribution in [1.82, 2.24) is 4.98 Å². The van der Waals surface area contributed by atoms with Crippen LogP contribution >= 0.6 is 15.9 Å². The number of hydrogen-bond acceptors (Lipinski definition) is 3. The fourth-order valence-electron chi connectivity index (χ4n) is 1.44. The summed E-state index contributed by atoms with van der Waals surface area (Å²) in [6.45, 7) is 0. The first-order chi connectivity index (χ1) is 9.10. The highest BCUT2D eigenvalue weighted by molar-refractivity contribution is 9.08. The number of hydrogen-bond donors (Lipinski definition) is 0. The second-order valence-corrected chi connectivity index (χ2v) is 4.02. The first kappa shape index (κ1) is 16.6. The molecule has 1 rings (SSSR count). The Morgan fingerprint density at radius 1 is 1.25 bits per heavy atom. The molecule has 0 spiro atoms. The van der Waals surface area contributed by atoms with Crippen molar-refractivity contribution in [2.24, 2.45) is 0 Å². The summed E-state index contributed by atoms with van der Waals surface area (Å²) in [6.07, 6.45) is -10.0. The van der Waals surface area contributed by atoms with E-state index in [1.165, 1.54) is 0 Å². The Morgan fingerprint density at radius 2 is 1.85 bits per heavy atom. The van der Waals surface area contributed by atoms with E-state index in [9.17, 15) is 26.3 Å². The van der Waals surface area contributed by atoms with E-state index in [0.29, 0.717) is 0 Å². The van der Waals surface area contributed by atoms with Gasteiger partial charge in [-0.1, -0.05) is 15.9 Å². The van der Waals surface area contributed by atoms with Crippen LogP contribution in [0.1, 0.15) is 16.7 Å². The minimum atomic E-state index is -5.30.